The fraction of sp³-hybridized carbons (Fsp3) is 0.462. The molecular weight excluding hydrogens is 219 g/mol. The van der Waals surface area contributed by atoms with Crippen molar-refractivity contribution >= 4 is 5.91 Å². The van der Waals surface area contributed by atoms with E-state index in [1.165, 1.54) is 12.1 Å². The minimum atomic E-state index is -0.451. The zero-order valence-corrected chi connectivity index (χ0v) is 9.95. The fourth-order valence-corrected chi connectivity index (χ4v) is 2.15. The number of carbonyl (C=O) groups excluding carboxylic acids is 1. The average molecular weight is 236 g/mol. The van der Waals surface area contributed by atoms with Gasteiger partial charge in [0.15, 0.2) is 0 Å². The fourth-order valence-electron chi connectivity index (χ4n) is 2.15. The molecule has 0 radical (unpaired) electrons. The summed E-state index contributed by atoms with van der Waals surface area (Å²) in [6.07, 6.45) is 2.03. The molecule has 17 heavy (non-hydrogen) atoms. The molecule has 1 aromatic carbocycles. The van der Waals surface area contributed by atoms with E-state index in [2.05, 4.69) is 5.32 Å². The van der Waals surface area contributed by atoms with E-state index in [1.54, 1.807) is 24.1 Å². The Balaban J connectivity index is 2.11. The van der Waals surface area contributed by atoms with Gasteiger partial charge in [0.05, 0.1) is 5.56 Å². The second kappa shape index (κ2) is 5.27. The first-order valence-electron chi connectivity index (χ1n) is 5.92. The summed E-state index contributed by atoms with van der Waals surface area (Å²) in [6.45, 7) is 1.79. The molecule has 4 heteroatoms. The third-order valence-corrected chi connectivity index (χ3v) is 3.24. The lowest BCUT2D eigenvalue weighted by atomic mass is 10.1. The number of piperidine rings is 1. The van der Waals surface area contributed by atoms with Gasteiger partial charge in [0, 0.05) is 19.6 Å². The van der Waals surface area contributed by atoms with Crippen molar-refractivity contribution in [1.82, 2.24) is 10.2 Å². The lowest BCUT2D eigenvalue weighted by molar-refractivity contribution is 0.0703. The number of likely N-dealkylation sites (N-methyl/N-ethyl adjacent to an activating group) is 1. The summed E-state index contributed by atoms with van der Waals surface area (Å²) >= 11 is 0. The Kier molecular flexibility index (Phi) is 3.74. The van der Waals surface area contributed by atoms with Crippen molar-refractivity contribution in [2.75, 3.05) is 20.1 Å². The molecule has 0 aromatic heterocycles. The third kappa shape index (κ3) is 2.64. The summed E-state index contributed by atoms with van der Waals surface area (Å²) in [5.41, 5.74) is 0.153. The Morgan fingerprint density at radius 3 is 2.88 bits per heavy atom. The number of amides is 1. The van der Waals surface area contributed by atoms with Gasteiger partial charge in [-0.1, -0.05) is 12.1 Å². The van der Waals surface area contributed by atoms with Gasteiger partial charge in [-0.2, -0.15) is 0 Å². The summed E-state index contributed by atoms with van der Waals surface area (Å²) in [7, 11) is 1.74. The predicted octanol–water partition coefficient (Wildman–Crippen LogP) is 1.65. The highest BCUT2D eigenvalue weighted by molar-refractivity contribution is 5.94. The van der Waals surface area contributed by atoms with Crippen molar-refractivity contribution in [2.45, 2.75) is 18.9 Å². The van der Waals surface area contributed by atoms with E-state index >= 15 is 0 Å². The van der Waals surface area contributed by atoms with Crippen LogP contribution in [0.1, 0.15) is 23.2 Å². The summed E-state index contributed by atoms with van der Waals surface area (Å²) in [4.78, 5) is 13.8. The summed E-state index contributed by atoms with van der Waals surface area (Å²) < 4.78 is 13.5. The van der Waals surface area contributed by atoms with Gasteiger partial charge in [-0.3, -0.25) is 4.79 Å². The molecule has 92 valence electrons. The van der Waals surface area contributed by atoms with Crippen molar-refractivity contribution in [3.63, 3.8) is 0 Å². The molecule has 0 bridgehead atoms. The van der Waals surface area contributed by atoms with Crippen LogP contribution in [0.25, 0.3) is 0 Å². The lowest BCUT2D eigenvalue weighted by Gasteiger charge is -2.31. The SMILES string of the molecule is CN(C(=O)c1ccccc1F)[C@@H]1CCCNC1. The average Bonchev–Trinajstić information content (AvgIpc) is 2.39. The van der Waals surface area contributed by atoms with Crippen molar-refractivity contribution in [3.05, 3.63) is 35.6 Å². The summed E-state index contributed by atoms with van der Waals surface area (Å²) in [5, 5.41) is 3.25. The van der Waals surface area contributed by atoms with Crippen LogP contribution in [0.5, 0.6) is 0 Å². The predicted molar refractivity (Wildman–Crippen MR) is 64.4 cm³/mol. The number of hydrogen-bond donors (Lipinski definition) is 1. The highest BCUT2D eigenvalue weighted by Crippen LogP contribution is 2.14. The van der Waals surface area contributed by atoms with Gasteiger partial charge < -0.3 is 10.2 Å². The minimum absolute atomic E-state index is 0.153. The second-order valence-corrected chi connectivity index (χ2v) is 4.40. The summed E-state index contributed by atoms with van der Waals surface area (Å²) in [5.74, 6) is -0.690. The summed E-state index contributed by atoms with van der Waals surface area (Å²) in [6, 6.07) is 6.29. The molecule has 0 saturated carbocycles. The van der Waals surface area contributed by atoms with Crippen LogP contribution in [0.4, 0.5) is 4.39 Å². The number of benzene rings is 1. The molecule has 2 rings (SSSR count). The van der Waals surface area contributed by atoms with E-state index < -0.39 is 5.82 Å². The van der Waals surface area contributed by atoms with Crippen LogP contribution in [0.3, 0.4) is 0 Å². The van der Waals surface area contributed by atoms with Crippen LogP contribution >= 0.6 is 0 Å². The molecular formula is C13H17FN2O. The van der Waals surface area contributed by atoms with Gasteiger partial charge in [0.1, 0.15) is 5.82 Å². The molecule has 0 aliphatic carbocycles. The zero-order chi connectivity index (χ0) is 12.3. The molecule has 0 spiro atoms. The lowest BCUT2D eigenvalue weighted by Crippen LogP contribution is -2.46. The number of hydrogen-bond acceptors (Lipinski definition) is 2. The second-order valence-electron chi connectivity index (χ2n) is 4.40. The van der Waals surface area contributed by atoms with Gasteiger partial charge >= 0.3 is 0 Å². The molecule has 1 aliphatic heterocycles. The number of halogens is 1. The third-order valence-electron chi connectivity index (χ3n) is 3.24. The maximum absolute atomic E-state index is 13.5. The van der Waals surface area contributed by atoms with E-state index in [0.29, 0.717) is 0 Å². The first-order chi connectivity index (χ1) is 8.20. The molecule has 1 amide bonds. The smallest absolute Gasteiger partial charge is 0.256 e. The quantitative estimate of drug-likeness (QED) is 0.846. The van der Waals surface area contributed by atoms with Gasteiger partial charge in [-0.25, -0.2) is 4.39 Å². The highest BCUT2D eigenvalue weighted by Gasteiger charge is 2.24. The maximum atomic E-state index is 13.5. The topological polar surface area (TPSA) is 32.3 Å². The number of carbonyl (C=O) groups is 1. The van der Waals surface area contributed by atoms with Crippen LogP contribution < -0.4 is 5.32 Å². The molecule has 1 aliphatic rings. The Hall–Kier alpha value is -1.42. The standard InChI is InChI=1S/C13H17FN2O/c1-16(10-5-4-8-15-9-10)13(17)11-6-2-3-7-12(11)14/h2-3,6-7,10,15H,4-5,8-9H2,1H3/t10-/m1/s1. The van der Waals surface area contributed by atoms with Gasteiger partial charge in [-0.15, -0.1) is 0 Å². The Bertz CT molecular complexity index is 402. The van der Waals surface area contributed by atoms with E-state index in [1.807, 2.05) is 0 Å². The minimum Gasteiger partial charge on any atom is -0.337 e. The van der Waals surface area contributed by atoms with E-state index in [9.17, 15) is 9.18 Å². The van der Waals surface area contributed by atoms with Crippen LogP contribution in [-0.4, -0.2) is 37.0 Å². The molecule has 1 saturated heterocycles. The van der Waals surface area contributed by atoms with Crippen molar-refractivity contribution in [2.24, 2.45) is 0 Å². The maximum Gasteiger partial charge on any atom is 0.256 e. The molecule has 1 heterocycles. The molecule has 3 nitrogen and oxygen atoms in total. The van der Waals surface area contributed by atoms with Gasteiger partial charge in [0.25, 0.3) is 5.91 Å². The Morgan fingerprint density at radius 2 is 2.24 bits per heavy atom. The molecule has 1 N–H and O–H groups in total. The van der Waals surface area contributed by atoms with E-state index in [0.717, 1.165) is 25.9 Å². The van der Waals surface area contributed by atoms with Crippen LogP contribution in [0.15, 0.2) is 24.3 Å². The van der Waals surface area contributed by atoms with Crippen LogP contribution in [0.2, 0.25) is 0 Å². The Morgan fingerprint density at radius 1 is 1.47 bits per heavy atom. The number of nitrogens with zero attached hydrogens (tertiary/aromatic N) is 1. The Labute approximate surface area is 101 Å². The molecule has 1 atom stereocenters. The first kappa shape index (κ1) is 12.0. The van der Waals surface area contributed by atoms with E-state index in [4.69, 9.17) is 0 Å². The van der Waals surface area contributed by atoms with Crippen LogP contribution in [0, 0.1) is 5.82 Å². The van der Waals surface area contributed by atoms with Crippen LogP contribution in [-0.2, 0) is 0 Å². The normalized spacial score (nSPS) is 20.0. The van der Waals surface area contributed by atoms with Gasteiger partial charge in [0.2, 0.25) is 0 Å². The van der Waals surface area contributed by atoms with E-state index in [-0.39, 0.29) is 17.5 Å². The first-order valence-corrected chi connectivity index (χ1v) is 5.92. The molecule has 1 aromatic rings. The van der Waals surface area contributed by atoms with Crippen molar-refractivity contribution in [3.8, 4) is 0 Å². The number of rotatable bonds is 2. The molecule has 1 fully saturated rings. The number of nitrogens with one attached hydrogen (secondary N) is 1. The van der Waals surface area contributed by atoms with Gasteiger partial charge in [-0.05, 0) is 31.5 Å². The zero-order valence-electron chi connectivity index (χ0n) is 9.95. The monoisotopic (exact) mass is 236 g/mol. The van der Waals surface area contributed by atoms with Crippen molar-refractivity contribution in [1.29, 1.82) is 0 Å². The highest BCUT2D eigenvalue weighted by atomic mass is 19.1. The van der Waals surface area contributed by atoms with Crippen molar-refractivity contribution < 1.29 is 9.18 Å². The largest absolute Gasteiger partial charge is 0.337 e. The molecule has 0 unspecified atom stereocenters.